The molecule has 0 atom stereocenters. The van der Waals surface area contributed by atoms with E-state index in [1.807, 2.05) is 0 Å². The molecule has 0 spiro atoms. The molecule has 1 N–H and O–H groups in total. The molecule has 0 unspecified atom stereocenters. The third kappa shape index (κ3) is 4.06. The normalized spacial score (nSPS) is 14.7. The van der Waals surface area contributed by atoms with Gasteiger partial charge in [0.15, 0.2) is 5.28 Å². The molecule has 0 radical (unpaired) electrons. The monoisotopic (exact) mass is 440 g/mol. The molecule has 2 aromatic carbocycles. The largest absolute Gasteiger partial charge is 0.490 e. The molecule has 0 saturated heterocycles. The minimum absolute atomic E-state index is 0.318. The Morgan fingerprint density at radius 1 is 1.19 bits per heavy atom. The summed E-state index contributed by atoms with van der Waals surface area (Å²) in [6, 6.07) is 11.8. The molecular weight excluding hydrogens is 415 g/mol. The van der Waals surface area contributed by atoms with Gasteiger partial charge in [-0.15, -0.1) is 0 Å². The van der Waals surface area contributed by atoms with Crippen LogP contribution in [0.25, 0.3) is 0 Å². The number of rotatable bonds is 7. The summed E-state index contributed by atoms with van der Waals surface area (Å²) in [7, 11) is -2.93. The summed E-state index contributed by atoms with van der Waals surface area (Å²) < 4.78 is 29.2. The molecule has 0 bridgehead atoms. The Morgan fingerprint density at radius 3 is 2.42 bits per heavy atom. The Labute approximate surface area is 181 Å². The number of hydrogen-bond donors (Lipinski definition) is 1. The van der Waals surface area contributed by atoms with Crippen LogP contribution in [0.15, 0.2) is 55.1 Å². The average molecular weight is 440 g/mol. The number of nitrogens with zero attached hydrogens (tertiary/aromatic N) is 1. The Kier molecular flexibility index (Phi) is 5.92. The second-order valence-electron chi connectivity index (χ2n) is 8.33. The maximum Gasteiger partial charge on any atom is 0.341 e. The lowest BCUT2D eigenvalue weighted by molar-refractivity contribution is -0.122. The molecule has 3 rings (SSSR count). The highest BCUT2D eigenvalue weighted by atomic mass is 31.1. The van der Waals surface area contributed by atoms with Gasteiger partial charge in [0, 0.05) is 11.3 Å². The highest BCUT2D eigenvalue weighted by molar-refractivity contribution is 7.33. The van der Waals surface area contributed by atoms with Crippen LogP contribution in [0.3, 0.4) is 0 Å². The van der Waals surface area contributed by atoms with Gasteiger partial charge in [-0.25, -0.2) is 9.13 Å². The van der Waals surface area contributed by atoms with Gasteiger partial charge in [0.25, 0.3) is 5.91 Å². The number of carbonyl (C=O) groups is 2. The Morgan fingerprint density at radius 2 is 1.84 bits per heavy atom. The van der Waals surface area contributed by atoms with E-state index in [-0.39, 0.29) is 11.8 Å². The number of ether oxygens (including phenoxy) is 1. The predicted molar refractivity (Wildman–Crippen MR) is 119 cm³/mol. The van der Waals surface area contributed by atoms with Gasteiger partial charge in [-0.1, -0.05) is 18.7 Å². The van der Waals surface area contributed by atoms with E-state index in [2.05, 4.69) is 11.9 Å². The standard InChI is InChI=1S/C23H25N2O5P/c1-6-13-30-17-10-8-16(9-11-17)24-20(26)15-7-12-18-19(14-15)25(21(27)22(18,2)3)23(4,5)31(28)29/h6-12,14H,1,13H2,2-5H3,(H,24,26). The van der Waals surface area contributed by atoms with Gasteiger partial charge in [-0.3, -0.25) is 14.5 Å². The minimum Gasteiger partial charge on any atom is -0.490 e. The summed E-state index contributed by atoms with van der Waals surface area (Å²) in [5.74, 6) is -0.0378. The molecule has 0 fully saturated rings. The van der Waals surface area contributed by atoms with Crippen molar-refractivity contribution in [2.24, 2.45) is 0 Å². The van der Waals surface area contributed by atoms with Crippen molar-refractivity contribution in [2.75, 3.05) is 16.8 Å². The Hall–Kier alpha value is -3.18. The van der Waals surface area contributed by atoms with Gasteiger partial charge in [0.05, 0.1) is 11.1 Å². The van der Waals surface area contributed by atoms with E-state index in [0.717, 1.165) is 0 Å². The SMILES string of the molecule is C=CCOc1ccc(NC(=O)c2ccc3c(c2)N(C(C)(C)P(=O)=O)C(=O)C3(C)C)cc1. The number of amides is 2. The van der Waals surface area contributed by atoms with E-state index in [1.54, 1.807) is 62.4 Å². The molecule has 0 aliphatic carbocycles. The van der Waals surface area contributed by atoms with E-state index in [9.17, 15) is 18.7 Å². The molecule has 1 heterocycles. The molecule has 162 valence electrons. The quantitative estimate of drug-likeness (QED) is 0.481. The van der Waals surface area contributed by atoms with Crippen LogP contribution in [0.5, 0.6) is 5.75 Å². The number of carbonyl (C=O) groups excluding carboxylic acids is 2. The van der Waals surface area contributed by atoms with Crippen LogP contribution in [-0.4, -0.2) is 23.7 Å². The van der Waals surface area contributed by atoms with Crippen molar-refractivity contribution in [1.29, 1.82) is 0 Å². The highest BCUT2D eigenvalue weighted by Crippen LogP contribution is 2.48. The van der Waals surface area contributed by atoms with Crippen molar-refractivity contribution in [2.45, 2.75) is 38.4 Å². The van der Waals surface area contributed by atoms with Crippen molar-refractivity contribution in [3.63, 3.8) is 0 Å². The summed E-state index contributed by atoms with van der Waals surface area (Å²) in [4.78, 5) is 27.2. The summed E-state index contributed by atoms with van der Waals surface area (Å²) in [5, 5.41) is 1.38. The fourth-order valence-corrected chi connectivity index (χ4v) is 3.87. The molecule has 8 heteroatoms. The van der Waals surface area contributed by atoms with Crippen LogP contribution in [-0.2, 0) is 19.3 Å². The van der Waals surface area contributed by atoms with Crippen LogP contribution < -0.4 is 15.0 Å². The molecule has 2 aromatic rings. The molecular formula is C23H25N2O5P. The lowest BCUT2D eigenvalue weighted by Crippen LogP contribution is -2.46. The van der Waals surface area contributed by atoms with Gasteiger partial charge in [-0.05, 0) is 69.7 Å². The highest BCUT2D eigenvalue weighted by Gasteiger charge is 2.51. The first-order chi connectivity index (χ1) is 14.5. The molecule has 7 nitrogen and oxygen atoms in total. The number of hydrogen-bond acceptors (Lipinski definition) is 5. The van der Waals surface area contributed by atoms with Gasteiger partial charge >= 0.3 is 7.68 Å². The molecule has 2 amide bonds. The van der Waals surface area contributed by atoms with Gasteiger partial charge in [0.2, 0.25) is 5.91 Å². The van der Waals surface area contributed by atoms with Crippen LogP contribution in [0.4, 0.5) is 11.4 Å². The fourth-order valence-electron chi connectivity index (χ4n) is 3.51. The lowest BCUT2D eigenvalue weighted by Gasteiger charge is -2.30. The smallest absolute Gasteiger partial charge is 0.341 e. The topological polar surface area (TPSA) is 92.8 Å². The van der Waals surface area contributed by atoms with Crippen LogP contribution >= 0.6 is 7.68 Å². The zero-order valence-corrected chi connectivity index (χ0v) is 18.9. The predicted octanol–water partition coefficient (Wildman–Crippen LogP) is 5.04. The zero-order chi connectivity index (χ0) is 23.0. The van der Waals surface area contributed by atoms with E-state index < -0.39 is 18.4 Å². The number of nitrogens with one attached hydrogen (secondary N) is 1. The van der Waals surface area contributed by atoms with Crippen LogP contribution in [0.2, 0.25) is 0 Å². The van der Waals surface area contributed by atoms with Crippen molar-refractivity contribution >= 4 is 30.9 Å². The van der Waals surface area contributed by atoms with E-state index in [4.69, 9.17) is 4.74 Å². The van der Waals surface area contributed by atoms with E-state index >= 15 is 0 Å². The van der Waals surface area contributed by atoms with Crippen molar-refractivity contribution in [1.82, 2.24) is 0 Å². The third-order valence-electron chi connectivity index (χ3n) is 5.39. The van der Waals surface area contributed by atoms with Gasteiger partial charge < -0.3 is 10.1 Å². The zero-order valence-electron chi connectivity index (χ0n) is 18.0. The molecule has 1 aliphatic rings. The van der Waals surface area contributed by atoms with Gasteiger partial charge in [-0.2, -0.15) is 0 Å². The van der Waals surface area contributed by atoms with E-state index in [1.165, 1.54) is 18.7 Å². The summed E-state index contributed by atoms with van der Waals surface area (Å²) in [6.07, 6.45) is 1.64. The van der Waals surface area contributed by atoms with E-state index in [0.29, 0.717) is 34.9 Å². The maximum atomic E-state index is 13.1. The molecule has 1 aliphatic heterocycles. The first kappa shape index (κ1) is 22.5. The van der Waals surface area contributed by atoms with Crippen molar-refractivity contribution in [3.05, 3.63) is 66.2 Å². The average Bonchev–Trinajstić information content (AvgIpc) is 2.93. The lowest BCUT2D eigenvalue weighted by atomic mass is 9.86. The third-order valence-corrected chi connectivity index (χ3v) is 6.48. The van der Waals surface area contributed by atoms with Crippen molar-refractivity contribution in [3.8, 4) is 5.75 Å². The van der Waals surface area contributed by atoms with Crippen LogP contribution in [0, 0.1) is 0 Å². The minimum atomic E-state index is -2.93. The molecule has 0 aromatic heterocycles. The fraction of sp³-hybridized carbons (Fsp3) is 0.304. The molecule has 0 saturated carbocycles. The first-order valence-electron chi connectivity index (χ1n) is 9.79. The second-order valence-corrected chi connectivity index (χ2v) is 9.94. The Balaban J connectivity index is 1.91. The summed E-state index contributed by atoms with van der Waals surface area (Å²) in [5.41, 5.74) is 1.11. The number of anilines is 2. The van der Waals surface area contributed by atoms with Gasteiger partial charge in [0.1, 0.15) is 12.4 Å². The van der Waals surface area contributed by atoms with Crippen molar-refractivity contribution < 1.29 is 23.5 Å². The summed E-state index contributed by atoms with van der Waals surface area (Å²) >= 11 is 0. The second kappa shape index (κ2) is 8.16. The Bertz CT molecular complexity index is 1110. The summed E-state index contributed by atoms with van der Waals surface area (Å²) in [6.45, 7) is 10.4. The molecule has 31 heavy (non-hydrogen) atoms. The van der Waals surface area contributed by atoms with Crippen LogP contribution in [0.1, 0.15) is 43.6 Å². The number of benzene rings is 2. The number of fused-ring (bicyclic) bond motifs is 1. The first-order valence-corrected chi connectivity index (χ1v) is 11.0. The maximum absolute atomic E-state index is 13.1.